The number of sulfone groups is 1. The average Bonchev–Trinajstić information content (AvgIpc) is 2.57. The van der Waals surface area contributed by atoms with E-state index in [4.69, 9.17) is 5.73 Å². The summed E-state index contributed by atoms with van der Waals surface area (Å²) in [5.41, 5.74) is 7.60. The van der Waals surface area contributed by atoms with E-state index in [0.717, 1.165) is 16.0 Å². The fraction of sp³-hybridized carbons (Fsp3) is 0.600. The Morgan fingerprint density at radius 2 is 2.27 bits per heavy atom. The summed E-state index contributed by atoms with van der Waals surface area (Å²) in [4.78, 5) is 1.03. The molecule has 1 aromatic heterocycles. The van der Waals surface area contributed by atoms with Gasteiger partial charge in [-0.3, -0.25) is 0 Å². The molecule has 2 N–H and O–H groups in total. The molecule has 0 spiro atoms. The zero-order valence-electron chi connectivity index (χ0n) is 8.86. The Bertz CT molecular complexity index is 474. The molecule has 0 aliphatic carbocycles. The van der Waals surface area contributed by atoms with Crippen molar-refractivity contribution in [3.63, 3.8) is 0 Å². The Hall–Kier alpha value is -0.390. The van der Waals surface area contributed by atoms with Crippen LogP contribution in [0.1, 0.15) is 35.1 Å². The van der Waals surface area contributed by atoms with E-state index in [1.54, 1.807) is 11.3 Å². The summed E-state index contributed by atoms with van der Waals surface area (Å²) < 4.78 is 23.9. The van der Waals surface area contributed by atoms with Crippen molar-refractivity contribution in [2.45, 2.75) is 31.4 Å². The minimum absolute atomic E-state index is 0.121. The van der Waals surface area contributed by atoms with Crippen LogP contribution in [0.3, 0.4) is 0 Å². The predicted octanol–water partition coefficient (Wildman–Crippen LogP) is 1.83. The lowest BCUT2D eigenvalue weighted by Crippen LogP contribution is -2.14. The zero-order chi connectivity index (χ0) is 11.2. The molecule has 2 rings (SSSR count). The van der Waals surface area contributed by atoms with E-state index in [9.17, 15) is 8.42 Å². The van der Waals surface area contributed by atoms with Gasteiger partial charge in [-0.15, -0.1) is 11.3 Å². The number of thiophene rings is 1. The molecule has 1 aromatic rings. The summed E-state index contributed by atoms with van der Waals surface area (Å²) in [5.74, 6) is 0.318. The largest absolute Gasteiger partial charge is 0.326 e. The van der Waals surface area contributed by atoms with Gasteiger partial charge in [0.05, 0.1) is 11.0 Å². The minimum Gasteiger partial charge on any atom is -0.326 e. The van der Waals surface area contributed by atoms with Crippen LogP contribution in [0.25, 0.3) is 0 Å². The molecule has 0 fully saturated rings. The molecule has 2 heterocycles. The van der Waals surface area contributed by atoms with E-state index in [1.807, 2.05) is 19.2 Å². The standard InChI is InChI=1S/C10H15NO2S2/c1-6(2)10-9-7(5-15(10,12)13)4-14-8(9)3-11/h4,6,10H,3,5,11H2,1-2H3. The van der Waals surface area contributed by atoms with Gasteiger partial charge in [0.25, 0.3) is 0 Å². The monoisotopic (exact) mass is 245 g/mol. The maximum absolute atomic E-state index is 12.0. The molecule has 0 radical (unpaired) electrons. The van der Waals surface area contributed by atoms with Crippen molar-refractivity contribution in [1.82, 2.24) is 0 Å². The maximum Gasteiger partial charge on any atom is 0.161 e. The first kappa shape index (κ1) is 11.1. The number of rotatable bonds is 2. The molecular formula is C10H15NO2S2. The predicted molar refractivity (Wildman–Crippen MR) is 62.4 cm³/mol. The Kier molecular flexibility index (Phi) is 2.65. The third-order valence-electron chi connectivity index (χ3n) is 2.81. The van der Waals surface area contributed by atoms with Crippen molar-refractivity contribution in [3.05, 3.63) is 21.4 Å². The highest BCUT2D eigenvalue weighted by molar-refractivity contribution is 7.91. The van der Waals surface area contributed by atoms with Crippen molar-refractivity contribution in [2.24, 2.45) is 11.7 Å². The molecule has 1 atom stereocenters. The molecule has 0 saturated carbocycles. The Morgan fingerprint density at radius 3 is 2.80 bits per heavy atom. The maximum atomic E-state index is 12.0. The van der Waals surface area contributed by atoms with Crippen molar-refractivity contribution >= 4 is 21.2 Å². The fourth-order valence-corrected chi connectivity index (χ4v) is 5.78. The van der Waals surface area contributed by atoms with Gasteiger partial charge < -0.3 is 5.73 Å². The third-order valence-corrected chi connectivity index (χ3v) is 6.15. The number of hydrogen-bond acceptors (Lipinski definition) is 4. The van der Waals surface area contributed by atoms with Gasteiger partial charge in [0.2, 0.25) is 0 Å². The summed E-state index contributed by atoms with van der Waals surface area (Å²) in [7, 11) is -2.98. The first-order chi connectivity index (χ1) is 6.97. The van der Waals surface area contributed by atoms with E-state index in [2.05, 4.69) is 0 Å². The third kappa shape index (κ3) is 1.62. The molecule has 5 heteroatoms. The highest BCUT2D eigenvalue weighted by Gasteiger charge is 2.40. The molecule has 1 unspecified atom stereocenters. The molecule has 0 aromatic carbocycles. The van der Waals surface area contributed by atoms with Gasteiger partial charge in [-0.2, -0.15) is 0 Å². The Morgan fingerprint density at radius 1 is 1.60 bits per heavy atom. The van der Waals surface area contributed by atoms with Crippen LogP contribution in [0.2, 0.25) is 0 Å². The van der Waals surface area contributed by atoms with Crippen LogP contribution >= 0.6 is 11.3 Å². The van der Waals surface area contributed by atoms with Gasteiger partial charge in [-0.25, -0.2) is 8.42 Å². The molecule has 1 aliphatic rings. The topological polar surface area (TPSA) is 60.2 Å². The quantitative estimate of drug-likeness (QED) is 0.864. The average molecular weight is 245 g/mol. The van der Waals surface area contributed by atoms with Crippen LogP contribution in [0.4, 0.5) is 0 Å². The van der Waals surface area contributed by atoms with E-state index in [0.29, 0.717) is 6.54 Å². The van der Waals surface area contributed by atoms with Gasteiger partial charge >= 0.3 is 0 Å². The second kappa shape index (κ2) is 3.57. The molecule has 0 bridgehead atoms. The minimum atomic E-state index is -2.98. The van der Waals surface area contributed by atoms with Crippen molar-refractivity contribution < 1.29 is 8.42 Å². The second-order valence-electron chi connectivity index (χ2n) is 4.27. The van der Waals surface area contributed by atoms with Gasteiger partial charge in [-0.1, -0.05) is 13.8 Å². The normalized spacial score (nSPS) is 23.3. The number of fused-ring (bicyclic) bond motifs is 1. The summed E-state index contributed by atoms with van der Waals surface area (Å²) >= 11 is 1.58. The summed E-state index contributed by atoms with van der Waals surface area (Å²) in [6.07, 6.45) is 0. The van der Waals surface area contributed by atoms with Gasteiger partial charge in [0, 0.05) is 11.4 Å². The van der Waals surface area contributed by atoms with Gasteiger partial charge in [-0.05, 0) is 22.4 Å². The summed E-state index contributed by atoms with van der Waals surface area (Å²) in [6, 6.07) is 0. The lowest BCUT2D eigenvalue weighted by atomic mass is 10.00. The van der Waals surface area contributed by atoms with Crippen LogP contribution in [0, 0.1) is 5.92 Å². The number of nitrogens with two attached hydrogens (primary N) is 1. The van der Waals surface area contributed by atoms with Crippen molar-refractivity contribution in [2.75, 3.05) is 0 Å². The molecule has 3 nitrogen and oxygen atoms in total. The fourth-order valence-electron chi connectivity index (χ4n) is 2.29. The highest BCUT2D eigenvalue weighted by atomic mass is 32.2. The van der Waals surface area contributed by atoms with E-state index >= 15 is 0 Å². The lowest BCUT2D eigenvalue weighted by Gasteiger charge is -2.15. The molecule has 84 valence electrons. The van der Waals surface area contributed by atoms with Crippen molar-refractivity contribution in [1.29, 1.82) is 0 Å². The first-order valence-corrected chi connectivity index (χ1v) is 7.57. The highest BCUT2D eigenvalue weighted by Crippen LogP contribution is 2.45. The van der Waals surface area contributed by atoms with Crippen LogP contribution in [-0.2, 0) is 22.1 Å². The van der Waals surface area contributed by atoms with Crippen molar-refractivity contribution in [3.8, 4) is 0 Å². The smallest absolute Gasteiger partial charge is 0.161 e. The Balaban J connectivity index is 2.59. The molecule has 0 saturated heterocycles. The van der Waals surface area contributed by atoms with Gasteiger partial charge in [0.15, 0.2) is 9.84 Å². The lowest BCUT2D eigenvalue weighted by molar-refractivity contribution is 0.547. The summed E-state index contributed by atoms with van der Waals surface area (Å²) in [6.45, 7) is 4.35. The molecule has 0 amide bonds. The molecular weight excluding hydrogens is 230 g/mol. The molecule has 1 aliphatic heterocycles. The van der Waals surface area contributed by atoms with Crippen LogP contribution in [0.15, 0.2) is 5.38 Å². The van der Waals surface area contributed by atoms with Gasteiger partial charge in [0.1, 0.15) is 0 Å². The SMILES string of the molecule is CC(C)C1c2c(csc2CN)CS1(=O)=O. The van der Waals surface area contributed by atoms with Crippen LogP contribution in [-0.4, -0.2) is 8.42 Å². The molecule has 15 heavy (non-hydrogen) atoms. The zero-order valence-corrected chi connectivity index (χ0v) is 10.5. The van der Waals surface area contributed by atoms with Crippen LogP contribution < -0.4 is 5.73 Å². The van der Waals surface area contributed by atoms with E-state index < -0.39 is 9.84 Å². The second-order valence-corrected chi connectivity index (χ2v) is 7.36. The van der Waals surface area contributed by atoms with Crippen LogP contribution in [0.5, 0.6) is 0 Å². The summed E-state index contributed by atoms with van der Waals surface area (Å²) in [5, 5.41) is 1.61. The Labute approximate surface area is 94.2 Å². The van der Waals surface area contributed by atoms with E-state index in [-0.39, 0.29) is 16.9 Å². The number of hydrogen-bond donors (Lipinski definition) is 1. The first-order valence-electron chi connectivity index (χ1n) is 4.98. The van der Waals surface area contributed by atoms with E-state index in [1.165, 1.54) is 0 Å².